The summed E-state index contributed by atoms with van der Waals surface area (Å²) in [6.07, 6.45) is 7.98. The monoisotopic (exact) mass is 305 g/mol. The summed E-state index contributed by atoms with van der Waals surface area (Å²) in [5.74, 6) is 0.639. The van der Waals surface area contributed by atoms with Gasteiger partial charge >= 0.3 is 5.97 Å². The average Bonchev–Trinajstić information content (AvgIpc) is 2.70. The van der Waals surface area contributed by atoms with E-state index in [1.807, 2.05) is 0 Å². The molecule has 1 aliphatic carbocycles. The third-order valence-corrected chi connectivity index (χ3v) is 5.05. The molecule has 0 spiro atoms. The number of fused-ring (bicyclic) bond motifs is 3. The minimum Gasteiger partial charge on any atom is -0.469 e. The Hall–Kier alpha value is -1.69. The highest BCUT2D eigenvalue weighted by Gasteiger charge is 2.18. The number of thiophene rings is 1. The summed E-state index contributed by atoms with van der Waals surface area (Å²) in [5.41, 5.74) is 1.41. The number of nitrogens with one attached hydrogen (secondary N) is 1. The predicted molar refractivity (Wildman–Crippen MR) is 83.8 cm³/mol. The van der Waals surface area contributed by atoms with Gasteiger partial charge in [0.05, 0.1) is 18.9 Å². The normalized spacial score (nSPS) is 14.5. The summed E-state index contributed by atoms with van der Waals surface area (Å²) < 4.78 is 4.66. The van der Waals surface area contributed by atoms with Crippen LogP contribution in [0.3, 0.4) is 0 Å². The molecular formula is C15H19N3O2S. The maximum Gasteiger partial charge on any atom is 0.307 e. The number of rotatable bonds is 4. The minimum absolute atomic E-state index is 0.211. The van der Waals surface area contributed by atoms with Gasteiger partial charge in [0.1, 0.15) is 17.0 Å². The van der Waals surface area contributed by atoms with Crippen LogP contribution in [0.5, 0.6) is 0 Å². The highest BCUT2D eigenvalue weighted by molar-refractivity contribution is 7.18. The Bertz CT molecular complexity index is 654. The van der Waals surface area contributed by atoms with Crippen molar-refractivity contribution >= 4 is 33.3 Å². The lowest BCUT2D eigenvalue weighted by atomic mass is 10.1. The standard InChI is InChI=1S/C15H19N3O2S/c1-20-12(19)7-8-16-14-13-10-5-3-2-4-6-11(10)21-15(13)18-9-17-14/h9H,2-8H2,1H3,(H,16,17,18). The van der Waals surface area contributed by atoms with Crippen molar-refractivity contribution in [1.29, 1.82) is 0 Å². The largest absolute Gasteiger partial charge is 0.469 e. The summed E-state index contributed by atoms with van der Waals surface area (Å²) in [4.78, 5) is 22.5. The first-order chi connectivity index (χ1) is 10.3. The average molecular weight is 305 g/mol. The van der Waals surface area contributed by atoms with E-state index in [2.05, 4.69) is 20.0 Å². The molecule has 2 heterocycles. The van der Waals surface area contributed by atoms with Crippen molar-refractivity contribution in [1.82, 2.24) is 9.97 Å². The molecule has 0 radical (unpaired) electrons. The van der Waals surface area contributed by atoms with E-state index in [0.717, 1.165) is 28.9 Å². The molecule has 6 heteroatoms. The molecule has 21 heavy (non-hydrogen) atoms. The zero-order chi connectivity index (χ0) is 14.7. The number of hydrogen-bond donors (Lipinski definition) is 1. The SMILES string of the molecule is COC(=O)CCNc1ncnc2sc3c(c12)CCCCC3. The summed E-state index contributed by atoms with van der Waals surface area (Å²) in [7, 11) is 1.41. The van der Waals surface area contributed by atoms with Gasteiger partial charge in [-0.1, -0.05) is 6.42 Å². The first-order valence-electron chi connectivity index (χ1n) is 7.35. The lowest BCUT2D eigenvalue weighted by Gasteiger charge is -2.07. The zero-order valence-electron chi connectivity index (χ0n) is 12.1. The Labute approximate surface area is 127 Å². The second-order valence-electron chi connectivity index (χ2n) is 5.22. The molecule has 112 valence electrons. The van der Waals surface area contributed by atoms with Gasteiger partial charge in [0.25, 0.3) is 0 Å². The molecule has 0 atom stereocenters. The number of aromatic nitrogens is 2. The Morgan fingerprint density at radius 2 is 2.19 bits per heavy atom. The fraction of sp³-hybridized carbons (Fsp3) is 0.533. The van der Waals surface area contributed by atoms with E-state index in [1.54, 1.807) is 17.7 Å². The first-order valence-corrected chi connectivity index (χ1v) is 8.17. The number of carbonyl (C=O) groups excluding carboxylic acids is 1. The Balaban J connectivity index is 1.88. The molecule has 0 aliphatic heterocycles. The molecule has 2 aromatic heterocycles. The fourth-order valence-electron chi connectivity index (χ4n) is 2.79. The van der Waals surface area contributed by atoms with Crippen LogP contribution in [-0.2, 0) is 22.4 Å². The number of esters is 1. The van der Waals surface area contributed by atoms with Crippen LogP contribution in [0, 0.1) is 0 Å². The number of carbonyl (C=O) groups is 1. The second kappa shape index (κ2) is 6.39. The number of anilines is 1. The van der Waals surface area contributed by atoms with Crippen LogP contribution in [0.4, 0.5) is 5.82 Å². The Morgan fingerprint density at radius 3 is 3.05 bits per heavy atom. The third-order valence-electron chi connectivity index (χ3n) is 3.85. The molecule has 5 nitrogen and oxygen atoms in total. The van der Waals surface area contributed by atoms with Gasteiger partial charge in [-0.2, -0.15) is 0 Å². The molecule has 2 aromatic rings. The summed E-state index contributed by atoms with van der Waals surface area (Å²) >= 11 is 1.79. The van der Waals surface area contributed by atoms with Crippen molar-refractivity contribution < 1.29 is 9.53 Å². The van der Waals surface area contributed by atoms with Crippen LogP contribution in [0.15, 0.2) is 6.33 Å². The van der Waals surface area contributed by atoms with Crippen LogP contribution >= 0.6 is 11.3 Å². The molecule has 1 N–H and O–H groups in total. The van der Waals surface area contributed by atoms with E-state index in [1.165, 1.54) is 36.8 Å². The summed E-state index contributed by atoms with van der Waals surface area (Å²) in [6.45, 7) is 0.531. The van der Waals surface area contributed by atoms with Crippen LogP contribution in [0.1, 0.15) is 36.1 Å². The van der Waals surface area contributed by atoms with E-state index < -0.39 is 0 Å². The molecule has 0 bridgehead atoms. The quantitative estimate of drug-likeness (QED) is 0.695. The molecule has 0 unspecified atom stereocenters. The van der Waals surface area contributed by atoms with Gasteiger partial charge in [-0.05, 0) is 31.2 Å². The molecule has 0 fully saturated rings. The lowest BCUT2D eigenvalue weighted by Crippen LogP contribution is -2.11. The molecule has 0 amide bonds. The topological polar surface area (TPSA) is 64.1 Å². The van der Waals surface area contributed by atoms with Crippen LogP contribution in [0.25, 0.3) is 10.2 Å². The van der Waals surface area contributed by atoms with E-state index in [4.69, 9.17) is 0 Å². The van der Waals surface area contributed by atoms with Crippen molar-refractivity contribution in [2.75, 3.05) is 19.0 Å². The van der Waals surface area contributed by atoms with Gasteiger partial charge in [-0.15, -0.1) is 11.3 Å². The van der Waals surface area contributed by atoms with Crippen LogP contribution in [-0.4, -0.2) is 29.6 Å². The molecular weight excluding hydrogens is 286 g/mol. The third kappa shape index (κ3) is 3.00. The summed E-state index contributed by atoms with van der Waals surface area (Å²) in [6, 6.07) is 0. The maximum atomic E-state index is 11.2. The van der Waals surface area contributed by atoms with Crippen molar-refractivity contribution in [3.05, 3.63) is 16.8 Å². The van der Waals surface area contributed by atoms with Gasteiger partial charge in [0.2, 0.25) is 0 Å². The van der Waals surface area contributed by atoms with Crippen molar-refractivity contribution in [2.24, 2.45) is 0 Å². The first kappa shape index (κ1) is 14.3. The van der Waals surface area contributed by atoms with Crippen molar-refractivity contribution in [2.45, 2.75) is 38.5 Å². The van der Waals surface area contributed by atoms with Gasteiger partial charge in [0.15, 0.2) is 0 Å². The zero-order valence-corrected chi connectivity index (χ0v) is 13.0. The molecule has 0 saturated carbocycles. The van der Waals surface area contributed by atoms with E-state index in [-0.39, 0.29) is 5.97 Å². The van der Waals surface area contributed by atoms with E-state index >= 15 is 0 Å². The Kier molecular flexibility index (Phi) is 4.34. The van der Waals surface area contributed by atoms with Crippen LogP contribution < -0.4 is 5.32 Å². The van der Waals surface area contributed by atoms with Gasteiger partial charge in [-0.3, -0.25) is 4.79 Å². The Morgan fingerprint density at radius 1 is 1.33 bits per heavy atom. The second-order valence-corrected chi connectivity index (χ2v) is 6.30. The van der Waals surface area contributed by atoms with Crippen LogP contribution in [0.2, 0.25) is 0 Å². The highest BCUT2D eigenvalue weighted by Crippen LogP contribution is 2.37. The van der Waals surface area contributed by atoms with E-state index in [9.17, 15) is 4.79 Å². The number of aryl methyl sites for hydroxylation is 2. The van der Waals surface area contributed by atoms with Crippen molar-refractivity contribution in [3.63, 3.8) is 0 Å². The predicted octanol–water partition coefficient (Wildman–Crippen LogP) is 2.94. The number of nitrogens with zero attached hydrogens (tertiary/aromatic N) is 2. The van der Waals surface area contributed by atoms with Crippen molar-refractivity contribution in [3.8, 4) is 0 Å². The number of hydrogen-bond acceptors (Lipinski definition) is 6. The smallest absolute Gasteiger partial charge is 0.307 e. The molecule has 0 aromatic carbocycles. The minimum atomic E-state index is -0.211. The number of ether oxygens (including phenoxy) is 1. The molecule has 0 saturated heterocycles. The molecule has 1 aliphatic rings. The van der Waals surface area contributed by atoms with Gasteiger partial charge in [0, 0.05) is 11.4 Å². The summed E-state index contributed by atoms with van der Waals surface area (Å²) in [5, 5.41) is 4.42. The fourth-order valence-corrected chi connectivity index (χ4v) is 4.01. The lowest BCUT2D eigenvalue weighted by molar-refractivity contribution is -0.140. The van der Waals surface area contributed by atoms with Gasteiger partial charge in [-0.25, -0.2) is 9.97 Å². The molecule has 3 rings (SSSR count). The number of methoxy groups -OCH3 is 1. The highest BCUT2D eigenvalue weighted by atomic mass is 32.1. The maximum absolute atomic E-state index is 11.2. The van der Waals surface area contributed by atoms with E-state index in [0.29, 0.717) is 13.0 Å². The van der Waals surface area contributed by atoms with Gasteiger partial charge < -0.3 is 10.1 Å².